The molecule has 96 valence electrons. The molecule has 0 saturated heterocycles. The smallest absolute Gasteiger partial charge is 0.222 e. The Morgan fingerprint density at radius 1 is 1.44 bits per heavy atom. The van der Waals surface area contributed by atoms with Crippen LogP contribution in [0, 0.1) is 0 Å². The van der Waals surface area contributed by atoms with E-state index in [0.29, 0.717) is 16.8 Å². The van der Waals surface area contributed by atoms with Crippen molar-refractivity contribution in [3.63, 3.8) is 0 Å². The highest BCUT2D eigenvalue weighted by molar-refractivity contribution is 6.32. The molecule has 6 nitrogen and oxygen atoms in total. The van der Waals surface area contributed by atoms with Crippen LogP contribution in [0.1, 0.15) is 25.5 Å². The Kier molecular flexibility index (Phi) is 3.38. The van der Waals surface area contributed by atoms with Gasteiger partial charge in [-0.3, -0.25) is 4.68 Å². The number of nitrogen functional groups attached to an aromatic ring is 1. The molecule has 18 heavy (non-hydrogen) atoms. The number of nitrogens with zero attached hydrogens (tertiary/aromatic N) is 4. The summed E-state index contributed by atoms with van der Waals surface area (Å²) in [7, 11) is 1.87. The van der Waals surface area contributed by atoms with Gasteiger partial charge in [-0.1, -0.05) is 25.4 Å². The molecule has 0 aromatic carbocycles. The first-order chi connectivity index (χ1) is 8.47. The summed E-state index contributed by atoms with van der Waals surface area (Å²) in [5.41, 5.74) is 7.36. The van der Waals surface area contributed by atoms with Crippen LogP contribution in [0.4, 0.5) is 17.5 Å². The van der Waals surface area contributed by atoms with Gasteiger partial charge in [-0.2, -0.15) is 10.1 Å². The summed E-state index contributed by atoms with van der Waals surface area (Å²) >= 11 is 6.01. The lowest BCUT2D eigenvalue weighted by molar-refractivity contribution is 0.713. The van der Waals surface area contributed by atoms with Crippen LogP contribution in [0.25, 0.3) is 0 Å². The zero-order valence-corrected chi connectivity index (χ0v) is 11.2. The molecule has 2 rings (SSSR count). The Balaban J connectivity index is 2.36. The maximum absolute atomic E-state index is 6.01. The van der Waals surface area contributed by atoms with Gasteiger partial charge in [-0.15, -0.1) is 0 Å². The average molecular weight is 267 g/mol. The number of halogens is 1. The van der Waals surface area contributed by atoms with Crippen LogP contribution in [0.3, 0.4) is 0 Å². The zero-order valence-electron chi connectivity index (χ0n) is 10.5. The van der Waals surface area contributed by atoms with Crippen molar-refractivity contribution in [3.8, 4) is 0 Å². The molecule has 0 amide bonds. The minimum absolute atomic E-state index is 0.178. The Labute approximate surface area is 110 Å². The Morgan fingerprint density at radius 2 is 2.17 bits per heavy atom. The number of rotatable bonds is 3. The van der Waals surface area contributed by atoms with Crippen LogP contribution < -0.4 is 11.1 Å². The molecule has 0 saturated carbocycles. The summed E-state index contributed by atoms with van der Waals surface area (Å²) in [5.74, 6) is 0.961. The molecule has 0 fully saturated rings. The van der Waals surface area contributed by atoms with Crippen molar-refractivity contribution in [2.75, 3.05) is 11.1 Å². The minimum Gasteiger partial charge on any atom is -0.368 e. The van der Waals surface area contributed by atoms with Gasteiger partial charge in [0.05, 0.1) is 17.6 Å². The zero-order chi connectivity index (χ0) is 13.3. The van der Waals surface area contributed by atoms with Crippen LogP contribution in [-0.4, -0.2) is 19.7 Å². The van der Waals surface area contributed by atoms with Crippen molar-refractivity contribution in [2.24, 2.45) is 7.05 Å². The lowest BCUT2D eigenvalue weighted by Gasteiger charge is -2.08. The molecule has 2 heterocycles. The highest BCUT2D eigenvalue weighted by atomic mass is 35.5. The van der Waals surface area contributed by atoms with Crippen LogP contribution in [0.15, 0.2) is 12.4 Å². The summed E-state index contributed by atoms with van der Waals surface area (Å²) in [4.78, 5) is 7.88. The van der Waals surface area contributed by atoms with Gasteiger partial charge in [0.25, 0.3) is 0 Å². The lowest BCUT2D eigenvalue weighted by Crippen LogP contribution is -2.02. The second kappa shape index (κ2) is 4.81. The van der Waals surface area contributed by atoms with E-state index in [2.05, 4.69) is 34.2 Å². The molecule has 0 spiro atoms. The van der Waals surface area contributed by atoms with Gasteiger partial charge < -0.3 is 11.1 Å². The predicted octanol–water partition coefficient (Wildman–Crippen LogP) is 2.31. The van der Waals surface area contributed by atoms with Crippen molar-refractivity contribution >= 4 is 29.1 Å². The number of nitrogens with two attached hydrogens (primary N) is 1. The van der Waals surface area contributed by atoms with E-state index in [4.69, 9.17) is 17.3 Å². The molecule has 7 heteroatoms. The number of hydrogen-bond donors (Lipinski definition) is 2. The third-order valence-corrected chi connectivity index (χ3v) is 2.70. The van der Waals surface area contributed by atoms with Crippen LogP contribution >= 0.6 is 11.6 Å². The monoisotopic (exact) mass is 266 g/mol. The minimum atomic E-state index is 0.178. The van der Waals surface area contributed by atoms with E-state index in [1.165, 1.54) is 6.20 Å². The van der Waals surface area contributed by atoms with Crippen molar-refractivity contribution in [1.29, 1.82) is 0 Å². The normalized spacial score (nSPS) is 10.9. The van der Waals surface area contributed by atoms with Gasteiger partial charge in [0.1, 0.15) is 5.02 Å². The standard InChI is InChI=1S/C11H15ClN6/c1-6(2)9-8(5-18(3)17-9)15-10-7(12)4-14-11(13)16-10/h4-6H,1-3H3,(H3,13,14,15,16). The van der Waals surface area contributed by atoms with Gasteiger partial charge in [0.2, 0.25) is 5.95 Å². The summed E-state index contributed by atoms with van der Waals surface area (Å²) in [6, 6.07) is 0. The van der Waals surface area contributed by atoms with E-state index in [1.807, 2.05) is 13.2 Å². The fraction of sp³-hybridized carbons (Fsp3) is 0.364. The molecule has 0 atom stereocenters. The maximum atomic E-state index is 6.01. The highest BCUT2D eigenvalue weighted by Crippen LogP contribution is 2.28. The molecule has 2 aromatic rings. The molecule has 0 radical (unpaired) electrons. The highest BCUT2D eigenvalue weighted by Gasteiger charge is 2.13. The Bertz CT molecular complexity index is 563. The summed E-state index contributed by atoms with van der Waals surface area (Å²) < 4.78 is 1.75. The van der Waals surface area contributed by atoms with E-state index in [1.54, 1.807) is 4.68 Å². The second-order valence-corrected chi connectivity index (χ2v) is 4.71. The van der Waals surface area contributed by atoms with E-state index >= 15 is 0 Å². The van der Waals surface area contributed by atoms with Gasteiger partial charge in [-0.05, 0) is 5.92 Å². The second-order valence-electron chi connectivity index (χ2n) is 4.31. The molecular weight excluding hydrogens is 252 g/mol. The lowest BCUT2D eigenvalue weighted by atomic mass is 10.1. The third kappa shape index (κ3) is 2.53. The first kappa shape index (κ1) is 12.6. The molecule has 0 unspecified atom stereocenters. The largest absolute Gasteiger partial charge is 0.368 e. The van der Waals surface area contributed by atoms with Gasteiger partial charge in [0, 0.05) is 13.2 Å². The van der Waals surface area contributed by atoms with Crippen LogP contribution in [0.5, 0.6) is 0 Å². The fourth-order valence-corrected chi connectivity index (χ4v) is 1.76. The molecule has 0 aliphatic heterocycles. The SMILES string of the molecule is CC(C)c1nn(C)cc1Nc1nc(N)ncc1Cl. The van der Waals surface area contributed by atoms with Gasteiger partial charge in [-0.25, -0.2) is 4.98 Å². The number of aromatic nitrogens is 4. The topological polar surface area (TPSA) is 81.7 Å². The quantitative estimate of drug-likeness (QED) is 0.891. The number of nitrogens with one attached hydrogen (secondary N) is 1. The summed E-state index contributed by atoms with van der Waals surface area (Å²) in [5, 5.41) is 7.95. The summed E-state index contributed by atoms with van der Waals surface area (Å²) in [6.45, 7) is 4.15. The number of hydrogen-bond acceptors (Lipinski definition) is 5. The molecule has 0 bridgehead atoms. The predicted molar refractivity (Wildman–Crippen MR) is 72.0 cm³/mol. The van der Waals surface area contributed by atoms with E-state index in [-0.39, 0.29) is 5.95 Å². The van der Waals surface area contributed by atoms with Crippen molar-refractivity contribution in [1.82, 2.24) is 19.7 Å². The first-order valence-corrected chi connectivity index (χ1v) is 5.93. The Morgan fingerprint density at radius 3 is 2.83 bits per heavy atom. The maximum Gasteiger partial charge on any atom is 0.222 e. The molecule has 0 aliphatic rings. The van der Waals surface area contributed by atoms with Crippen LogP contribution in [-0.2, 0) is 7.05 Å². The van der Waals surface area contributed by atoms with Crippen LogP contribution in [0.2, 0.25) is 5.02 Å². The van der Waals surface area contributed by atoms with E-state index in [0.717, 1.165) is 11.4 Å². The first-order valence-electron chi connectivity index (χ1n) is 5.56. The van der Waals surface area contributed by atoms with Crippen molar-refractivity contribution in [3.05, 3.63) is 23.1 Å². The third-order valence-electron chi connectivity index (χ3n) is 2.42. The van der Waals surface area contributed by atoms with E-state index in [9.17, 15) is 0 Å². The molecule has 3 N–H and O–H groups in total. The van der Waals surface area contributed by atoms with Gasteiger partial charge in [0.15, 0.2) is 5.82 Å². The molecule has 0 aliphatic carbocycles. The average Bonchev–Trinajstić information content (AvgIpc) is 2.65. The molecular formula is C11H15ClN6. The van der Waals surface area contributed by atoms with Crippen molar-refractivity contribution < 1.29 is 0 Å². The van der Waals surface area contributed by atoms with E-state index < -0.39 is 0 Å². The fourth-order valence-electron chi connectivity index (χ4n) is 1.62. The van der Waals surface area contributed by atoms with Gasteiger partial charge >= 0.3 is 0 Å². The Hall–Kier alpha value is -1.82. The van der Waals surface area contributed by atoms with Crippen molar-refractivity contribution in [2.45, 2.75) is 19.8 Å². The number of anilines is 3. The number of aryl methyl sites for hydroxylation is 1. The molecule has 2 aromatic heterocycles. The summed E-state index contributed by atoms with van der Waals surface area (Å²) in [6.07, 6.45) is 3.35.